The molecule has 0 aromatic carbocycles. The summed E-state index contributed by atoms with van der Waals surface area (Å²) >= 11 is 0. The first-order valence-corrected chi connectivity index (χ1v) is 6.39. The summed E-state index contributed by atoms with van der Waals surface area (Å²) in [6.45, 7) is 5.23. The van der Waals surface area contributed by atoms with Gasteiger partial charge in [0.15, 0.2) is 0 Å². The van der Waals surface area contributed by atoms with Crippen molar-refractivity contribution in [2.75, 3.05) is 26.8 Å². The summed E-state index contributed by atoms with van der Waals surface area (Å²) in [6.07, 6.45) is 3.84. The number of amides is 1. The summed E-state index contributed by atoms with van der Waals surface area (Å²) in [5, 5.41) is 0. The first-order chi connectivity index (χ1) is 8.17. The van der Waals surface area contributed by atoms with Crippen LogP contribution in [0.2, 0.25) is 0 Å². The Kier molecular flexibility index (Phi) is 6.47. The summed E-state index contributed by atoms with van der Waals surface area (Å²) < 4.78 is 5.22. The van der Waals surface area contributed by atoms with Gasteiger partial charge in [0, 0.05) is 26.1 Å². The van der Waals surface area contributed by atoms with Crippen LogP contribution in [0.25, 0.3) is 0 Å². The molecule has 17 heavy (non-hydrogen) atoms. The Hall–Kier alpha value is -0.650. The van der Waals surface area contributed by atoms with Crippen molar-refractivity contribution in [2.45, 2.75) is 38.6 Å². The number of hydrogen-bond acceptors (Lipinski definition) is 4. The van der Waals surface area contributed by atoms with Gasteiger partial charge in [0.1, 0.15) is 0 Å². The molecule has 1 heterocycles. The summed E-state index contributed by atoms with van der Waals surface area (Å²) in [4.78, 5) is 13.5. The van der Waals surface area contributed by atoms with Crippen LogP contribution in [0.1, 0.15) is 32.6 Å². The summed E-state index contributed by atoms with van der Waals surface area (Å²) in [5.74, 6) is 5.63. The van der Waals surface area contributed by atoms with E-state index in [0.29, 0.717) is 18.4 Å². The second kappa shape index (κ2) is 7.63. The zero-order chi connectivity index (χ0) is 12.7. The highest BCUT2D eigenvalue weighted by Crippen LogP contribution is 2.20. The summed E-state index contributed by atoms with van der Waals surface area (Å²) in [6, 6.07) is 0.437. The molecule has 3 N–H and O–H groups in total. The third kappa shape index (κ3) is 5.02. The lowest BCUT2D eigenvalue weighted by Crippen LogP contribution is -2.43. The first-order valence-electron chi connectivity index (χ1n) is 6.39. The number of hydrazine groups is 1. The molecule has 100 valence electrons. The molecule has 1 amide bonds. The molecule has 0 saturated carbocycles. The van der Waals surface area contributed by atoms with Gasteiger partial charge in [-0.3, -0.25) is 10.2 Å². The fourth-order valence-corrected chi connectivity index (χ4v) is 2.46. The van der Waals surface area contributed by atoms with E-state index < -0.39 is 0 Å². The van der Waals surface area contributed by atoms with Gasteiger partial charge in [-0.2, -0.15) is 0 Å². The number of methoxy groups -OCH3 is 1. The molecule has 1 rings (SSSR count). The van der Waals surface area contributed by atoms with E-state index in [2.05, 4.69) is 17.2 Å². The predicted molar refractivity (Wildman–Crippen MR) is 67.2 cm³/mol. The van der Waals surface area contributed by atoms with E-state index in [1.807, 2.05) is 0 Å². The second-order valence-corrected chi connectivity index (χ2v) is 4.91. The van der Waals surface area contributed by atoms with E-state index in [0.717, 1.165) is 26.1 Å². The van der Waals surface area contributed by atoms with Crippen LogP contribution in [0.5, 0.6) is 0 Å². The molecule has 0 aromatic rings. The lowest BCUT2D eigenvalue weighted by molar-refractivity contribution is -0.121. The third-order valence-corrected chi connectivity index (χ3v) is 3.53. The van der Waals surface area contributed by atoms with Gasteiger partial charge in [-0.05, 0) is 38.6 Å². The highest BCUT2D eigenvalue weighted by atomic mass is 16.5. The van der Waals surface area contributed by atoms with Crippen LogP contribution >= 0.6 is 0 Å². The molecule has 0 radical (unpaired) electrons. The van der Waals surface area contributed by atoms with Gasteiger partial charge in [-0.15, -0.1) is 0 Å². The Bertz CT molecular complexity index is 234. The minimum atomic E-state index is -0.0812. The SMILES string of the molecule is COCC1CCCN(C(C)CCC(=O)NN)C1. The second-order valence-electron chi connectivity index (χ2n) is 4.91. The molecule has 5 nitrogen and oxygen atoms in total. The quantitative estimate of drug-likeness (QED) is 0.405. The lowest BCUT2D eigenvalue weighted by atomic mass is 9.97. The molecule has 1 fully saturated rings. The van der Waals surface area contributed by atoms with Crippen LogP contribution in [0.15, 0.2) is 0 Å². The van der Waals surface area contributed by atoms with E-state index in [1.54, 1.807) is 7.11 Å². The number of carbonyl (C=O) groups is 1. The van der Waals surface area contributed by atoms with Gasteiger partial charge in [-0.25, -0.2) is 5.84 Å². The van der Waals surface area contributed by atoms with Crippen molar-refractivity contribution in [3.8, 4) is 0 Å². The van der Waals surface area contributed by atoms with Gasteiger partial charge in [0.05, 0.1) is 6.61 Å². The molecule has 0 spiro atoms. The zero-order valence-corrected chi connectivity index (χ0v) is 10.9. The van der Waals surface area contributed by atoms with Crippen molar-refractivity contribution in [3.63, 3.8) is 0 Å². The number of rotatable bonds is 6. The molecule has 1 aliphatic rings. The average molecular weight is 243 g/mol. The molecule has 0 bridgehead atoms. The largest absolute Gasteiger partial charge is 0.384 e. The lowest BCUT2D eigenvalue weighted by Gasteiger charge is -2.36. The number of likely N-dealkylation sites (tertiary alicyclic amines) is 1. The molecule has 1 saturated heterocycles. The van der Waals surface area contributed by atoms with Crippen molar-refractivity contribution < 1.29 is 9.53 Å². The van der Waals surface area contributed by atoms with E-state index >= 15 is 0 Å². The normalized spacial score (nSPS) is 23.4. The molecular weight excluding hydrogens is 218 g/mol. The van der Waals surface area contributed by atoms with Crippen LogP contribution < -0.4 is 11.3 Å². The van der Waals surface area contributed by atoms with Crippen LogP contribution in [0, 0.1) is 5.92 Å². The zero-order valence-electron chi connectivity index (χ0n) is 10.9. The van der Waals surface area contributed by atoms with Gasteiger partial charge < -0.3 is 9.64 Å². The fourth-order valence-electron chi connectivity index (χ4n) is 2.46. The van der Waals surface area contributed by atoms with Crippen LogP contribution in [0.4, 0.5) is 0 Å². The number of carbonyl (C=O) groups excluding carboxylic acids is 1. The number of hydrogen-bond donors (Lipinski definition) is 2. The minimum absolute atomic E-state index is 0.0812. The van der Waals surface area contributed by atoms with Gasteiger partial charge in [0.2, 0.25) is 5.91 Å². The maximum absolute atomic E-state index is 11.1. The number of ether oxygens (including phenoxy) is 1. The third-order valence-electron chi connectivity index (χ3n) is 3.53. The Morgan fingerprint density at radius 1 is 1.65 bits per heavy atom. The fraction of sp³-hybridized carbons (Fsp3) is 0.917. The van der Waals surface area contributed by atoms with Crippen LogP contribution in [-0.2, 0) is 9.53 Å². The molecule has 2 unspecified atom stereocenters. The van der Waals surface area contributed by atoms with Crippen molar-refractivity contribution in [3.05, 3.63) is 0 Å². The standard InChI is InChI=1S/C12H25N3O2/c1-10(5-6-12(16)14-13)15-7-3-4-11(8-15)9-17-2/h10-11H,3-9,13H2,1-2H3,(H,14,16). The van der Waals surface area contributed by atoms with Crippen LogP contribution in [0.3, 0.4) is 0 Å². The highest BCUT2D eigenvalue weighted by molar-refractivity contribution is 5.75. The summed E-state index contributed by atoms with van der Waals surface area (Å²) in [7, 11) is 1.76. The summed E-state index contributed by atoms with van der Waals surface area (Å²) in [5.41, 5.74) is 2.17. The van der Waals surface area contributed by atoms with Crippen molar-refractivity contribution in [1.29, 1.82) is 0 Å². The first kappa shape index (κ1) is 14.4. The Morgan fingerprint density at radius 3 is 3.06 bits per heavy atom. The molecular formula is C12H25N3O2. The number of nitrogens with two attached hydrogens (primary N) is 1. The monoisotopic (exact) mass is 243 g/mol. The van der Waals surface area contributed by atoms with Gasteiger partial charge in [0.25, 0.3) is 0 Å². The molecule has 0 aliphatic carbocycles. The molecule has 2 atom stereocenters. The number of nitrogens with one attached hydrogen (secondary N) is 1. The van der Waals surface area contributed by atoms with Crippen molar-refractivity contribution in [1.82, 2.24) is 10.3 Å². The van der Waals surface area contributed by atoms with Crippen molar-refractivity contribution >= 4 is 5.91 Å². The van der Waals surface area contributed by atoms with E-state index in [9.17, 15) is 4.79 Å². The van der Waals surface area contributed by atoms with Gasteiger partial charge >= 0.3 is 0 Å². The maximum atomic E-state index is 11.1. The Morgan fingerprint density at radius 2 is 2.41 bits per heavy atom. The van der Waals surface area contributed by atoms with Gasteiger partial charge in [-0.1, -0.05) is 0 Å². The van der Waals surface area contributed by atoms with E-state index in [1.165, 1.54) is 12.8 Å². The predicted octanol–water partition coefficient (Wildman–Crippen LogP) is 0.503. The Labute approximate surface area is 104 Å². The number of piperidine rings is 1. The molecule has 0 aromatic heterocycles. The molecule has 1 aliphatic heterocycles. The molecule has 5 heteroatoms. The smallest absolute Gasteiger partial charge is 0.233 e. The van der Waals surface area contributed by atoms with E-state index in [-0.39, 0.29) is 5.91 Å². The Balaban J connectivity index is 2.30. The number of nitrogens with zero attached hydrogens (tertiary/aromatic N) is 1. The van der Waals surface area contributed by atoms with Crippen LogP contribution in [-0.4, -0.2) is 43.7 Å². The highest BCUT2D eigenvalue weighted by Gasteiger charge is 2.23. The maximum Gasteiger partial charge on any atom is 0.233 e. The average Bonchev–Trinajstić information content (AvgIpc) is 2.36. The van der Waals surface area contributed by atoms with E-state index in [4.69, 9.17) is 10.6 Å². The van der Waals surface area contributed by atoms with Crippen molar-refractivity contribution in [2.24, 2.45) is 11.8 Å². The minimum Gasteiger partial charge on any atom is -0.384 e. The topological polar surface area (TPSA) is 67.6 Å².